The molecule has 1 heterocycles. The molecule has 1 aliphatic rings. The van der Waals surface area contributed by atoms with Crippen molar-refractivity contribution >= 4 is 15.9 Å². The van der Waals surface area contributed by atoms with Gasteiger partial charge in [-0.2, -0.15) is 0 Å². The van der Waals surface area contributed by atoms with Gasteiger partial charge >= 0.3 is 0 Å². The summed E-state index contributed by atoms with van der Waals surface area (Å²) in [5.74, 6) is 0.824. The Morgan fingerprint density at radius 3 is 2.73 bits per heavy atom. The van der Waals surface area contributed by atoms with Gasteiger partial charge in [0.2, 0.25) is 0 Å². The molecule has 0 bridgehead atoms. The number of hydrogen-bond acceptors (Lipinski definition) is 2. The average Bonchev–Trinajstić information content (AvgIpc) is 2.61. The van der Waals surface area contributed by atoms with E-state index in [2.05, 4.69) is 41.7 Å². The van der Waals surface area contributed by atoms with Gasteiger partial charge in [-0.15, -0.1) is 0 Å². The van der Waals surface area contributed by atoms with Gasteiger partial charge in [-0.1, -0.05) is 22.9 Å². The number of nitrogens with zero attached hydrogens (tertiary/aromatic N) is 1. The molecule has 1 rings (SSSR count). The van der Waals surface area contributed by atoms with Crippen LogP contribution in [0, 0.1) is 5.92 Å². The Labute approximate surface area is 102 Å². The Bertz CT molecular complexity index is 177. The quantitative estimate of drug-likeness (QED) is 0.693. The lowest BCUT2D eigenvalue weighted by Gasteiger charge is -2.27. The van der Waals surface area contributed by atoms with E-state index in [0.717, 1.165) is 17.9 Å². The zero-order chi connectivity index (χ0) is 11.3. The van der Waals surface area contributed by atoms with Crippen molar-refractivity contribution < 1.29 is 4.74 Å². The van der Waals surface area contributed by atoms with E-state index in [-0.39, 0.29) is 0 Å². The summed E-state index contributed by atoms with van der Waals surface area (Å²) >= 11 is 3.50. The molecule has 0 saturated carbocycles. The first-order valence-corrected chi connectivity index (χ1v) is 7.15. The summed E-state index contributed by atoms with van der Waals surface area (Å²) in [6.45, 7) is 6.67. The summed E-state index contributed by atoms with van der Waals surface area (Å²) < 4.78 is 5.59. The highest BCUT2D eigenvalue weighted by molar-refractivity contribution is 9.09. The summed E-state index contributed by atoms with van der Waals surface area (Å²) in [4.78, 5) is 2.47. The second kappa shape index (κ2) is 6.87. The van der Waals surface area contributed by atoms with Crippen molar-refractivity contribution in [2.45, 2.75) is 45.3 Å². The highest BCUT2D eigenvalue weighted by Gasteiger charge is 2.27. The van der Waals surface area contributed by atoms with E-state index in [9.17, 15) is 0 Å². The molecule has 90 valence electrons. The molecular formula is C12H24BrNO. The number of halogens is 1. The van der Waals surface area contributed by atoms with Crippen LogP contribution in [0.2, 0.25) is 0 Å². The first-order chi connectivity index (χ1) is 7.15. The van der Waals surface area contributed by atoms with E-state index in [0.29, 0.717) is 12.1 Å². The highest BCUT2D eigenvalue weighted by atomic mass is 79.9. The van der Waals surface area contributed by atoms with Crippen LogP contribution in [-0.4, -0.2) is 42.6 Å². The molecule has 0 amide bonds. The lowest BCUT2D eigenvalue weighted by atomic mass is 10.0. The summed E-state index contributed by atoms with van der Waals surface area (Å²) in [5, 5.41) is 1.13. The maximum atomic E-state index is 5.59. The molecule has 0 aromatic heterocycles. The van der Waals surface area contributed by atoms with E-state index in [1.165, 1.54) is 25.8 Å². The normalized spacial score (nSPS) is 28.6. The molecule has 0 radical (unpaired) electrons. The Balaban J connectivity index is 2.20. The van der Waals surface area contributed by atoms with Gasteiger partial charge in [-0.25, -0.2) is 0 Å². The third-order valence-electron chi connectivity index (χ3n) is 3.48. The van der Waals surface area contributed by atoms with Gasteiger partial charge in [0.05, 0.1) is 6.10 Å². The van der Waals surface area contributed by atoms with Gasteiger partial charge in [0, 0.05) is 18.0 Å². The molecule has 3 atom stereocenters. The molecule has 1 saturated heterocycles. The molecule has 15 heavy (non-hydrogen) atoms. The number of rotatable bonds is 6. The Morgan fingerprint density at radius 1 is 1.47 bits per heavy atom. The van der Waals surface area contributed by atoms with E-state index in [1.54, 1.807) is 0 Å². The Morgan fingerprint density at radius 2 is 2.20 bits per heavy atom. The first-order valence-electron chi connectivity index (χ1n) is 6.03. The predicted octanol–water partition coefficient (Wildman–Crippen LogP) is 2.91. The average molecular weight is 278 g/mol. The lowest BCUT2D eigenvalue weighted by Crippen LogP contribution is -2.37. The van der Waals surface area contributed by atoms with Crippen LogP contribution in [0.4, 0.5) is 0 Å². The molecule has 3 unspecified atom stereocenters. The van der Waals surface area contributed by atoms with E-state index in [4.69, 9.17) is 4.74 Å². The van der Waals surface area contributed by atoms with Gasteiger partial charge in [-0.3, -0.25) is 0 Å². The maximum Gasteiger partial charge on any atom is 0.0702 e. The smallest absolute Gasteiger partial charge is 0.0702 e. The zero-order valence-corrected chi connectivity index (χ0v) is 11.8. The molecule has 1 aliphatic heterocycles. The summed E-state index contributed by atoms with van der Waals surface area (Å²) in [6.07, 6.45) is 4.20. The fraction of sp³-hybridized carbons (Fsp3) is 1.00. The Kier molecular flexibility index (Phi) is 6.17. The largest absolute Gasteiger partial charge is 0.377 e. The second-order valence-electron chi connectivity index (χ2n) is 4.78. The van der Waals surface area contributed by atoms with Crippen molar-refractivity contribution in [3.8, 4) is 0 Å². The number of hydrogen-bond donors (Lipinski definition) is 0. The van der Waals surface area contributed by atoms with Gasteiger partial charge in [-0.05, 0) is 45.7 Å². The molecular weight excluding hydrogens is 254 g/mol. The molecule has 0 aliphatic carbocycles. The molecule has 0 aromatic carbocycles. The minimum atomic E-state index is 0.418. The van der Waals surface area contributed by atoms with Crippen LogP contribution < -0.4 is 0 Å². The fourth-order valence-electron chi connectivity index (χ4n) is 2.22. The first kappa shape index (κ1) is 13.5. The van der Waals surface area contributed by atoms with Crippen LogP contribution >= 0.6 is 15.9 Å². The topological polar surface area (TPSA) is 12.5 Å². The standard InChI is InChI=1S/C12H24BrNO/c1-10(4-7-13)5-8-14(3)12-6-9-15-11(12)2/h10-12H,4-9H2,1-3H3. The summed E-state index contributed by atoms with van der Waals surface area (Å²) in [6, 6.07) is 0.640. The third-order valence-corrected chi connectivity index (χ3v) is 3.94. The van der Waals surface area contributed by atoms with Gasteiger partial charge in [0.25, 0.3) is 0 Å². The van der Waals surface area contributed by atoms with Gasteiger partial charge in [0.1, 0.15) is 0 Å². The minimum Gasteiger partial charge on any atom is -0.377 e. The third kappa shape index (κ3) is 4.41. The van der Waals surface area contributed by atoms with Crippen molar-refractivity contribution in [3.63, 3.8) is 0 Å². The molecule has 0 N–H and O–H groups in total. The van der Waals surface area contributed by atoms with E-state index >= 15 is 0 Å². The fourth-order valence-corrected chi connectivity index (χ4v) is 3.00. The van der Waals surface area contributed by atoms with Crippen molar-refractivity contribution in [2.75, 3.05) is 25.5 Å². The van der Waals surface area contributed by atoms with Gasteiger partial charge in [0.15, 0.2) is 0 Å². The molecule has 3 heteroatoms. The minimum absolute atomic E-state index is 0.418. The van der Waals surface area contributed by atoms with Crippen molar-refractivity contribution in [2.24, 2.45) is 5.92 Å². The number of likely N-dealkylation sites (N-methyl/N-ethyl adjacent to an activating group) is 1. The van der Waals surface area contributed by atoms with Crippen molar-refractivity contribution in [1.82, 2.24) is 4.90 Å². The second-order valence-corrected chi connectivity index (χ2v) is 5.58. The summed E-state index contributed by atoms with van der Waals surface area (Å²) in [5.41, 5.74) is 0. The molecule has 1 fully saturated rings. The maximum absolute atomic E-state index is 5.59. The van der Waals surface area contributed by atoms with Crippen LogP contribution in [0.3, 0.4) is 0 Å². The number of alkyl halides is 1. The van der Waals surface area contributed by atoms with Crippen LogP contribution in [0.5, 0.6) is 0 Å². The monoisotopic (exact) mass is 277 g/mol. The highest BCUT2D eigenvalue weighted by Crippen LogP contribution is 2.19. The number of ether oxygens (including phenoxy) is 1. The van der Waals surface area contributed by atoms with Crippen LogP contribution in [0.25, 0.3) is 0 Å². The van der Waals surface area contributed by atoms with Gasteiger partial charge < -0.3 is 9.64 Å². The SMILES string of the molecule is CC(CCBr)CCN(C)C1CCOC1C. The molecule has 0 aromatic rings. The molecule has 2 nitrogen and oxygen atoms in total. The van der Waals surface area contributed by atoms with E-state index < -0.39 is 0 Å². The van der Waals surface area contributed by atoms with Crippen LogP contribution in [0.1, 0.15) is 33.1 Å². The zero-order valence-electron chi connectivity index (χ0n) is 10.2. The predicted molar refractivity (Wildman–Crippen MR) is 68.6 cm³/mol. The van der Waals surface area contributed by atoms with Crippen molar-refractivity contribution in [3.05, 3.63) is 0 Å². The molecule has 0 spiro atoms. The van der Waals surface area contributed by atoms with Crippen molar-refractivity contribution in [1.29, 1.82) is 0 Å². The van der Waals surface area contributed by atoms with Crippen LogP contribution in [-0.2, 0) is 4.74 Å². The van der Waals surface area contributed by atoms with E-state index in [1.807, 2.05) is 0 Å². The van der Waals surface area contributed by atoms with Crippen LogP contribution in [0.15, 0.2) is 0 Å². The summed E-state index contributed by atoms with van der Waals surface area (Å²) in [7, 11) is 2.23. The Hall–Kier alpha value is 0.400. The lowest BCUT2D eigenvalue weighted by molar-refractivity contribution is 0.0819.